The number of rotatable bonds is 12. The maximum Gasteiger partial charge on any atom is 0.0366 e. The van der Waals surface area contributed by atoms with Gasteiger partial charge in [0, 0.05) is 38.1 Å². The monoisotopic (exact) mass is 522 g/mol. The van der Waals surface area contributed by atoms with E-state index in [0.29, 0.717) is 17.8 Å². The molecule has 3 rings (SSSR count). The fourth-order valence-electron chi connectivity index (χ4n) is 5.42. The molecule has 0 spiro atoms. The van der Waals surface area contributed by atoms with Crippen molar-refractivity contribution in [2.45, 2.75) is 55.4 Å². The predicted octanol–water partition coefficient (Wildman–Crippen LogP) is 9.80. The van der Waals surface area contributed by atoms with E-state index in [4.69, 9.17) is 0 Å². The molecule has 0 atom stereocenters. The third kappa shape index (κ3) is 8.36. The van der Waals surface area contributed by atoms with Crippen molar-refractivity contribution < 1.29 is 0 Å². The Morgan fingerprint density at radius 1 is 0.564 bits per heavy atom. The minimum absolute atomic E-state index is 0.634. The molecule has 0 aliphatic carbocycles. The van der Waals surface area contributed by atoms with Crippen LogP contribution in [0.25, 0.3) is 11.1 Å². The first-order valence-electron chi connectivity index (χ1n) is 14.7. The first-order chi connectivity index (χ1) is 18.6. The van der Waals surface area contributed by atoms with Gasteiger partial charge in [0.25, 0.3) is 0 Å². The number of benzene rings is 3. The van der Waals surface area contributed by atoms with E-state index in [1.165, 1.54) is 44.8 Å². The Bertz CT molecular complexity index is 1220. The highest BCUT2D eigenvalue weighted by Gasteiger charge is 2.13. The first kappa shape index (κ1) is 30.3. The molecule has 0 radical (unpaired) electrons. The summed E-state index contributed by atoms with van der Waals surface area (Å²) in [7, 11) is 2.17. The maximum absolute atomic E-state index is 2.53. The van der Waals surface area contributed by atoms with Gasteiger partial charge >= 0.3 is 0 Å². The third-order valence-electron chi connectivity index (χ3n) is 7.03. The van der Waals surface area contributed by atoms with Crippen molar-refractivity contribution in [3.63, 3.8) is 0 Å². The van der Waals surface area contributed by atoms with E-state index in [-0.39, 0.29) is 0 Å². The van der Waals surface area contributed by atoms with Crippen LogP contribution in [-0.2, 0) is 0 Å². The Balaban J connectivity index is 1.86. The minimum atomic E-state index is 0.634. The second-order valence-corrected chi connectivity index (χ2v) is 12.0. The second-order valence-electron chi connectivity index (χ2n) is 12.0. The van der Waals surface area contributed by atoms with Gasteiger partial charge in [-0.3, -0.25) is 0 Å². The zero-order valence-corrected chi connectivity index (χ0v) is 25.8. The summed E-state index contributed by atoms with van der Waals surface area (Å²) in [5, 5.41) is 0. The molecule has 0 aliphatic heterocycles. The molecular formula is C37H50N2. The van der Waals surface area contributed by atoms with Crippen LogP contribution >= 0.6 is 0 Å². The molecule has 0 fully saturated rings. The van der Waals surface area contributed by atoms with Crippen LogP contribution in [0, 0.1) is 17.8 Å². The lowest BCUT2D eigenvalue weighted by Gasteiger charge is -2.28. The SMILES string of the molecule is C/C=C(/c1ccc(N(CC(C)C)CC(C)C)cc1)c1cccc(/C(=C/C)c2ccc(N(C)CC(C)C)cc2)c1. The molecule has 0 aromatic heterocycles. The van der Waals surface area contributed by atoms with E-state index in [9.17, 15) is 0 Å². The smallest absolute Gasteiger partial charge is 0.0366 e. The Labute approximate surface area is 239 Å². The summed E-state index contributed by atoms with van der Waals surface area (Å²) < 4.78 is 0. The molecule has 2 heteroatoms. The van der Waals surface area contributed by atoms with Crippen LogP contribution in [0.2, 0.25) is 0 Å². The van der Waals surface area contributed by atoms with Gasteiger partial charge in [0.15, 0.2) is 0 Å². The minimum Gasteiger partial charge on any atom is -0.374 e. The average molecular weight is 523 g/mol. The van der Waals surface area contributed by atoms with Gasteiger partial charge < -0.3 is 9.80 Å². The number of hydrogen-bond donors (Lipinski definition) is 0. The first-order valence-corrected chi connectivity index (χ1v) is 14.7. The lowest BCUT2D eigenvalue weighted by atomic mass is 9.92. The van der Waals surface area contributed by atoms with Gasteiger partial charge in [0.1, 0.15) is 0 Å². The fraction of sp³-hybridized carbons (Fsp3) is 0.405. The van der Waals surface area contributed by atoms with Gasteiger partial charge in [-0.25, -0.2) is 0 Å². The third-order valence-corrected chi connectivity index (χ3v) is 7.03. The summed E-state index contributed by atoms with van der Waals surface area (Å²) >= 11 is 0. The predicted molar refractivity (Wildman–Crippen MR) is 175 cm³/mol. The van der Waals surface area contributed by atoms with Crippen LogP contribution in [0.3, 0.4) is 0 Å². The van der Waals surface area contributed by atoms with Gasteiger partial charge in [0.2, 0.25) is 0 Å². The molecule has 0 unspecified atom stereocenters. The van der Waals surface area contributed by atoms with E-state index in [1.54, 1.807) is 0 Å². The highest BCUT2D eigenvalue weighted by atomic mass is 15.1. The fourth-order valence-corrected chi connectivity index (χ4v) is 5.42. The number of hydrogen-bond acceptors (Lipinski definition) is 2. The van der Waals surface area contributed by atoms with Crippen molar-refractivity contribution in [2.24, 2.45) is 17.8 Å². The van der Waals surface area contributed by atoms with Crippen LogP contribution < -0.4 is 9.80 Å². The van der Waals surface area contributed by atoms with Crippen LogP contribution in [0.5, 0.6) is 0 Å². The Kier molecular flexibility index (Phi) is 11.0. The number of anilines is 2. The highest BCUT2D eigenvalue weighted by Crippen LogP contribution is 2.31. The van der Waals surface area contributed by atoms with Gasteiger partial charge in [0.05, 0.1) is 0 Å². The van der Waals surface area contributed by atoms with Crippen molar-refractivity contribution in [3.05, 3.63) is 107 Å². The largest absolute Gasteiger partial charge is 0.374 e. The summed E-state index contributed by atoms with van der Waals surface area (Å²) in [6.07, 6.45) is 4.47. The molecule has 0 bridgehead atoms. The van der Waals surface area contributed by atoms with Gasteiger partial charge in [-0.1, -0.05) is 96.2 Å². The van der Waals surface area contributed by atoms with Gasteiger partial charge in [-0.05, 0) is 95.3 Å². The van der Waals surface area contributed by atoms with Crippen molar-refractivity contribution in [1.82, 2.24) is 0 Å². The number of allylic oxidation sites excluding steroid dienone is 2. The topological polar surface area (TPSA) is 6.48 Å². The summed E-state index contributed by atoms with van der Waals surface area (Å²) in [6, 6.07) is 27.1. The Hall–Kier alpha value is -3.26. The molecule has 0 saturated carbocycles. The average Bonchev–Trinajstić information content (AvgIpc) is 2.89. The van der Waals surface area contributed by atoms with Crippen LogP contribution in [-0.4, -0.2) is 26.7 Å². The molecule has 39 heavy (non-hydrogen) atoms. The maximum atomic E-state index is 2.53. The van der Waals surface area contributed by atoms with E-state index in [1.807, 2.05) is 0 Å². The molecule has 0 heterocycles. The van der Waals surface area contributed by atoms with E-state index in [2.05, 4.69) is 157 Å². The van der Waals surface area contributed by atoms with Crippen molar-refractivity contribution in [1.29, 1.82) is 0 Å². The number of nitrogens with zero attached hydrogens (tertiary/aromatic N) is 2. The summed E-state index contributed by atoms with van der Waals surface area (Å²) in [5.41, 5.74) is 10.1. The summed E-state index contributed by atoms with van der Waals surface area (Å²) in [4.78, 5) is 4.86. The highest BCUT2D eigenvalue weighted by molar-refractivity contribution is 5.85. The van der Waals surface area contributed by atoms with Gasteiger partial charge in [-0.2, -0.15) is 0 Å². The lowest BCUT2D eigenvalue weighted by molar-refractivity contribution is 0.553. The van der Waals surface area contributed by atoms with Crippen molar-refractivity contribution in [3.8, 4) is 0 Å². The van der Waals surface area contributed by atoms with Gasteiger partial charge in [-0.15, -0.1) is 0 Å². The molecule has 2 nitrogen and oxygen atoms in total. The Morgan fingerprint density at radius 2 is 0.974 bits per heavy atom. The van der Waals surface area contributed by atoms with Crippen LogP contribution in [0.1, 0.15) is 77.6 Å². The van der Waals surface area contributed by atoms with E-state index < -0.39 is 0 Å². The Morgan fingerprint density at radius 3 is 1.36 bits per heavy atom. The molecule has 208 valence electrons. The molecule has 3 aromatic carbocycles. The normalized spacial score (nSPS) is 12.5. The summed E-state index contributed by atoms with van der Waals surface area (Å²) in [5.74, 6) is 1.91. The molecule has 0 amide bonds. The standard InChI is InChI=1S/C37H50N2/c1-10-36(30-15-19-34(20-16-30)38(9)24-27(3)4)32-13-12-14-33(23-32)37(11-2)31-17-21-35(22-18-31)39(25-28(5)6)26-29(7)8/h10-23,27-29H,24-26H2,1-9H3/b36-10+,37-11-. The second kappa shape index (κ2) is 14.2. The molecule has 0 saturated heterocycles. The van der Waals surface area contributed by atoms with Crippen molar-refractivity contribution >= 4 is 22.5 Å². The van der Waals surface area contributed by atoms with Crippen LogP contribution in [0.15, 0.2) is 84.9 Å². The van der Waals surface area contributed by atoms with Crippen LogP contribution in [0.4, 0.5) is 11.4 Å². The van der Waals surface area contributed by atoms with Crippen molar-refractivity contribution in [2.75, 3.05) is 36.5 Å². The summed E-state index contributed by atoms with van der Waals surface area (Å²) in [6.45, 7) is 21.2. The quantitative estimate of drug-likeness (QED) is 0.233. The lowest BCUT2D eigenvalue weighted by Crippen LogP contribution is -2.31. The molecule has 0 N–H and O–H groups in total. The zero-order chi connectivity index (χ0) is 28.5. The molecule has 0 aliphatic rings. The molecular weight excluding hydrogens is 472 g/mol. The zero-order valence-electron chi connectivity index (χ0n) is 25.8. The van der Waals surface area contributed by atoms with E-state index >= 15 is 0 Å². The molecule has 3 aromatic rings. The van der Waals surface area contributed by atoms with E-state index in [0.717, 1.165) is 19.6 Å².